The first kappa shape index (κ1) is 24.8. The number of aromatic nitrogens is 1. The van der Waals surface area contributed by atoms with Crippen molar-refractivity contribution in [1.29, 1.82) is 0 Å². The van der Waals surface area contributed by atoms with Gasteiger partial charge in [0.15, 0.2) is 23.1 Å². The van der Waals surface area contributed by atoms with Gasteiger partial charge in [-0.05, 0) is 43.9 Å². The Balaban J connectivity index is 1.32. The molecule has 6 nitrogen and oxygen atoms in total. The van der Waals surface area contributed by atoms with Crippen molar-refractivity contribution in [3.8, 4) is 5.75 Å². The zero-order valence-corrected chi connectivity index (χ0v) is 20.1. The third-order valence-electron chi connectivity index (χ3n) is 7.83. The Labute approximate surface area is 205 Å². The van der Waals surface area contributed by atoms with Gasteiger partial charge in [0.25, 0.3) is 11.9 Å². The van der Waals surface area contributed by atoms with Gasteiger partial charge in [-0.25, -0.2) is 8.78 Å². The molecule has 2 aromatic rings. The molecule has 1 amide bonds. The molecule has 2 aliphatic carbocycles. The molecule has 0 bridgehead atoms. The maximum Gasteiger partial charge on any atom is 0.396 e. The molecule has 11 heteroatoms. The topological polar surface area (TPSA) is 67.6 Å². The van der Waals surface area contributed by atoms with E-state index < -0.39 is 47.3 Å². The van der Waals surface area contributed by atoms with Gasteiger partial charge in [0.1, 0.15) is 12.2 Å². The standard InChI is InChI=1S/C25H28F5N3O3/c1-3-24(4-2)11-33(12-24)23-32-20(19(36-23)10-25(28,29)30)22(34)31-15-8-17(26)21(18(27)9-15)35-16-6-13-5-14(13)7-16/h8-9,13-14,16H,3-7,10-12H2,1-2H3,(H,31,34)/t13-,14?,16?/m0/s1. The van der Waals surface area contributed by atoms with Gasteiger partial charge in [0.2, 0.25) is 0 Å². The predicted octanol–water partition coefficient (Wildman–Crippen LogP) is 6.11. The average molecular weight is 514 g/mol. The van der Waals surface area contributed by atoms with Gasteiger partial charge in [0.05, 0.1) is 6.10 Å². The van der Waals surface area contributed by atoms with Gasteiger partial charge in [-0.3, -0.25) is 4.79 Å². The SMILES string of the molecule is CCC1(CC)CN(c2nc(C(=O)Nc3cc(F)c(OC4CC5C[C@H]5C4)c(F)c3)c(CC(F)(F)F)o2)C1. The molecule has 2 heterocycles. The van der Waals surface area contributed by atoms with Gasteiger partial charge in [-0.1, -0.05) is 13.8 Å². The van der Waals surface area contributed by atoms with Crippen LogP contribution >= 0.6 is 0 Å². The zero-order chi connectivity index (χ0) is 25.8. The van der Waals surface area contributed by atoms with Crippen LogP contribution in [0.1, 0.15) is 62.2 Å². The maximum atomic E-state index is 14.6. The number of fused-ring (bicyclic) bond motifs is 1. The molecule has 5 rings (SSSR count). The van der Waals surface area contributed by atoms with E-state index in [-0.39, 0.29) is 23.2 Å². The Kier molecular flexibility index (Phi) is 6.15. The van der Waals surface area contributed by atoms with Gasteiger partial charge in [-0.2, -0.15) is 18.2 Å². The summed E-state index contributed by atoms with van der Waals surface area (Å²) in [6, 6.07) is 1.68. The summed E-state index contributed by atoms with van der Waals surface area (Å²) < 4.78 is 79.6. The first-order valence-corrected chi connectivity index (χ1v) is 12.3. The molecule has 1 saturated heterocycles. The number of amides is 1. The summed E-state index contributed by atoms with van der Waals surface area (Å²) in [6.45, 7) is 5.17. The minimum Gasteiger partial charge on any atom is -0.484 e. The lowest BCUT2D eigenvalue weighted by atomic mass is 9.75. The van der Waals surface area contributed by atoms with Crippen molar-refractivity contribution in [2.75, 3.05) is 23.3 Å². The normalized spacial score (nSPS) is 24.3. The number of halogens is 5. The van der Waals surface area contributed by atoms with Crippen LogP contribution in [0.3, 0.4) is 0 Å². The number of nitrogens with one attached hydrogen (secondary N) is 1. The predicted molar refractivity (Wildman–Crippen MR) is 121 cm³/mol. The fourth-order valence-electron chi connectivity index (χ4n) is 5.41. The molecule has 2 saturated carbocycles. The molecule has 1 aromatic heterocycles. The quantitative estimate of drug-likeness (QED) is 0.431. The summed E-state index contributed by atoms with van der Waals surface area (Å²) in [5, 5.41) is 2.25. The highest BCUT2D eigenvalue weighted by atomic mass is 19.4. The summed E-state index contributed by atoms with van der Waals surface area (Å²) in [5.74, 6) is -3.10. The fourth-order valence-corrected chi connectivity index (χ4v) is 5.41. The summed E-state index contributed by atoms with van der Waals surface area (Å²) in [5.41, 5.74) is -0.808. The van der Waals surface area contributed by atoms with Crippen LogP contribution in [-0.4, -0.2) is 36.3 Å². The fraction of sp³-hybridized carbons (Fsp3) is 0.600. The third kappa shape index (κ3) is 4.88. The Morgan fingerprint density at radius 1 is 1.14 bits per heavy atom. The molecule has 3 atom stereocenters. The van der Waals surface area contributed by atoms with E-state index in [0.717, 1.165) is 44.2 Å². The van der Waals surface area contributed by atoms with Gasteiger partial charge < -0.3 is 19.4 Å². The summed E-state index contributed by atoms with van der Waals surface area (Å²) in [6.07, 6.45) is -1.97. The number of hydrogen-bond acceptors (Lipinski definition) is 5. The van der Waals surface area contributed by atoms with Crippen molar-refractivity contribution in [1.82, 2.24) is 4.98 Å². The van der Waals surface area contributed by atoms with Crippen molar-refractivity contribution in [2.24, 2.45) is 17.3 Å². The van der Waals surface area contributed by atoms with Crippen molar-refractivity contribution in [3.05, 3.63) is 35.2 Å². The molecule has 1 aliphatic heterocycles. The summed E-state index contributed by atoms with van der Waals surface area (Å²) in [7, 11) is 0. The van der Waals surface area contributed by atoms with E-state index in [4.69, 9.17) is 9.15 Å². The molecule has 0 radical (unpaired) electrons. The van der Waals surface area contributed by atoms with Crippen molar-refractivity contribution < 1.29 is 35.9 Å². The largest absolute Gasteiger partial charge is 0.484 e. The number of carbonyl (C=O) groups is 1. The Hall–Kier alpha value is -2.85. The van der Waals surface area contributed by atoms with Crippen LogP contribution in [0.25, 0.3) is 0 Å². The lowest BCUT2D eigenvalue weighted by Gasteiger charge is -2.49. The second-order valence-electron chi connectivity index (χ2n) is 10.3. The highest BCUT2D eigenvalue weighted by molar-refractivity contribution is 6.03. The maximum absolute atomic E-state index is 14.6. The monoisotopic (exact) mass is 513 g/mol. The van der Waals surface area contributed by atoms with Crippen LogP contribution in [-0.2, 0) is 6.42 Å². The molecule has 3 fully saturated rings. The number of carbonyl (C=O) groups excluding carboxylic acids is 1. The van der Waals surface area contributed by atoms with E-state index in [2.05, 4.69) is 10.3 Å². The van der Waals surface area contributed by atoms with Crippen molar-refractivity contribution >= 4 is 17.6 Å². The molecule has 1 aromatic carbocycles. The summed E-state index contributed by atoms with van der Waals surface area (Å²) in [4.78, 5) is 18.5. The van der Waals surface area contributed by atoms with Crippen LogP contribution in [0, 0.1) is 28.9 Å². The molecule has 1 N–H and O–H groups in total. The number of anilines is 2. The second-order valence-corrected chi connectivity index (χ2v) is 10.3. The highest BCUT2D eigenvalue weighted by Gasteiger charge is 2.47. The van der Waals surface area contributed by atoms with E-state index in [1.807, 2.05) is 13.8 Å². The zero-order valence-electron chi connectivity index (χ0n) is 20.1. The smallest absolute Gasteiger partial charge is 0.396 e. The number of alkyl halides is 3. The number of oxazole rings is 1. The minimum atomic E-state index is -4.64. The van der Waals surface area contributed by atoms with Crippen LogP contribution in [0.15, 0.2) is 16.5 Å². The van der Waals surface area contributed by atoms with E-state index in [0.29, 0.717) is 24.9 Å². The molecule has 0 spiro atoms. The van der Waals surface area contributed by atoms with Crippen molar-refractivity contribution in [3.63, 3.8) is 0 Å². The Morgan fingerprint density at radius 3 is 2.31 bits per heavy atom. The number of ether oxygens (including phenoxy) is 1. The lowest BCUT2D eigenvalue weighted by molar-refractivity contribution is -0.130. The average Bonchev–Trinajstić information content (AvgIpc) is 3.17. The molecule has 3 aliphatic rings. The Morgan fingerprint density at radius 2 is 1.75 bits per heavy atom. The molecule has 36 heavy (non-hydrogen) atoms. The van der Waals surface area contributed by atoms with Crippen molar-refractivity contribution in [2.45, 2.75) is 64.7 Å². The molecular weight excluding hydrogens is 485 g/mol. The van der Waals surface area contributed by atoms with Crippen LogP contribution in [0.4, 0.5) is 33.7 Å². The summed E-state index contributed by atoms with van der Waals surface area (Å²) >= 11 is 0. The van der Waals surface area contributed by atoms with E-state index >= 15 is 0 Å². The van der Waals surface area contributed by atoms with Crippen LogP contribution < -0.4 is 15.0 Å². The third-order valence-corrected chi connectivity index (χ3v) is 7.83. The lowest BCUT2D eigenvalue weighted by Crippen LogP contribution is -2.56. The molecular formula is C25H28F5N3O3. The highest BCUT2D eigenvalue weighted by Crippen LogP contribution is 2.52. The van der Waals surface area contributed by atoms with Crippen LogP contribution in [0.5, 0.6) is 5.75 Å². The number of hydrogen-bond donors (Lipinski definition) is 1. The Bertz CT molecular complexity index is 1120. The van der Waals surface area contributed by atoms with Gasteiger partial charge in [-0.15, -0.1) is 0 Å². The molecule has 196 valence electrons. The second kappa shape index (κ2) is 8.92. The van der Waals surface area contributed by atoms with E-state index in [9.17, 15) is 26.7 Å². The van der Waals surface area contributed by atoms with Gasteiger partial charge in [0, 0.05) is 36.3 Å². The van der Waals surface area contributed by atoms with Crippen LogP contribution in [0.2, 0.25) is 0 Å². The number of nitrogens with zero attached hydrogens (tertiary/aromatic N) is 2. The minimum absolute atomic E-state index is 0.0267. The number of benzene rings is 1. The number of rotatable bonds is 8. The van der Waals surface area contributed by atoms with E-state index in [1.165, 1.54) is 0 Å². The van der Waals surface area contributed by atoms with Gasteiger partial charge >= 0.3 is 6.18 Å². The first-order chi connectivity index (χ1) is 17.0. The van der Waals surface area contributed by atoms with E-state index in [1.54, 1.807) is 4.90 Å². The molecule has 2 unspecified atom stereocenters. The first-order valence-electron chi connectivity index (χ1n) is 12.3.